The molecule has 68 valence electrons. The lowest BCUT2D eigenvalue weighted by atomic mass is 9.82. The topological polar surface area (TPSA) is 24.4 Å². The molecule has 2 fully saturated rings. The van der Waals surface area contributed by atoms with E-state index in [-0.39, 0.29) is 0 Å². The quantitative estimate of drug-likeness (QED) is 0.672. The van der Waals surface area contributed by atoms with Crippen molar-refractivity contribution in [3.63, 3.8) is 0 Å². The van der Waals surface area contributed by atoms with Crippen LogP contribution in [0.1, 0.15) is 26.7 Å². The Hall–Kier alpha value is -0.180. The number of nitrogens with zero attached hydrogens (tertiary/aromatic N) is 1. The second-order valence-electron chi connectivity index (χ2n) is 3.91. The van der Waals surface area contributed by atoms with Gasteiger partial charge in [-0.25, -0.2) is 0 Å². The van der Waals surface area contributed by atoms with E-state index in [0.29, 0.717) is 12.1 Å². The fraction of sp³-hybridized carbons (Fsp3) is 0.889. The Morgan fingerprint density at radius 1 is 1.42 bits per heavy atom. The Morgan fingerprint density at radius 2 is 2.25 bits per heavy atom. The summed E-state index contributed by atoms with van der Waals surface area (Å²) in [5, 5.41) is 4.57. The predicted octanol–water partition coefficient (Wildman–Crippen LogP) is 1.87. The van der Waals surface area contributed by atoms with Crippen molar-refractivity contribution in [2.45, 2.75) is 38.8 Å². The van der Waals surface area contributed by atoms with Crippen LogP contribution in [0, 0.1) is 5.92 Å². The van der Waals surface area contributed by atoms with Crippen molar-refractivity contribution in [3.8, 4) is 0 Å². The standard InChI is InChI=1S/C9H16N2S/c1-6-3-4-8(6)11-9-10-7(2)5-12-9/h6-8H,3-5H2,1-2H3,(H,10,11). The number of aliphatic imine (C=N–C) groups is 1. The maximum absolute atomic E-state index is 4.68. The van der Waals surface area contributed by atoms with Gasteiger partial charge in [0.2, 0.25) is 0 Å². The van der Waals surface area contributed by atoms with E-state index in [0.717, 1.165) is 5.92 Å². The van der Waals surface area contributed by atoms with Crippen LogP contribution in [0.15, 0.2) is 4.99 Å². The molecule has 1 saturated carbocycles. The Kier molecular flexibility index (Phi) is 2.31. The third-order valence-electron chi connectivity index (χ3n) is 2.70. The van der Waals surface area contributed by atoms with Crippen LogP contribution >= 0.6 is 11.8 Å². The molecule has 0 aromatic carbocycles. The average molecular weight is 184 g/mol. The highest BCUT2D eigenvalue weighted by Crippen LogP contribution is 2.30. The van der Waals surface area contributed by atoms with E-state index in [1.807, 2.05) is 11.8 Å². The Balaban J connectivity index is 1.91. The molecule has 3 unspecified atom stereocenters. The molecular formula is C9H16N2S. The zero-order valence-electron chi connectivity index (χ0n) is 7.71. The van der Waals surface area contributed by atoms with Gasteiger partial charge in [0.15, 0.2) is 5.17 Å². The van der Waals surface area contributed by atoms with Crippen LogP contribution in [-0.2, 0) is 0 Å². The van der Waals surface area contributed by atoms with E-state index in [2.05, 4.69) is 24.2 Å². The number of rotatable bonds is 1. The number of hydrogen-bond donors (Lipinski definition) is 1. The van der Waals surface area contributed by atoms with Gasteiger partial charge in [-0.05, 0) is 25.7 Å². The third kappa shape index (κ3) is 1.60. The van der Waals surface area contributed by atoms with Gasteiger partial charge in [0.05, 0.1) is 6.04 Å². The fourth-order valence-corrected chi connectivity index (χ4v) is 2.55. The highest BCUT2D eigenvalue weighted by molar-refractivity contribution is 8.14. The number of thioether (sulfide) groups is 1. The van der Waals surface area contributed by atoms with Crippen LogP contribution in [0.4, 0.5) is 0 Å². The van der Waals surface area contributed by atoms with E-state index in [1.165, 1.54) is 23.8 Å². The highest BCUT2D eigenvalue weighted by atomic mass is 32.2. The van der Waals surface area contributed by atoms with E-state index in [4.69, 9.17) is 0 Å². The van der Waals surface area contributed by atoms with Crippen molar-refractivity contribution in [1.82, 2.24) is 5.32 Å². The number of amidine groups is 1. The molecule has 1 aliphatic carbocycles. The summed E-state index contributed by atoms with van der Waals surface area (Å²) in [4.78, 5) is 4.68. The first-order valence-electron chi connectivity index (χ1n) is 4.73. The predicted molar refractivity (Wildman–Crippen MR) is 54.7 cm³/mol. The minimum atomic E-state index is 0.615. The fourth-order valence-electron chi connectivity index (χ4n) is 1.56. The van der Waals surface area contributed by atoms with E-state index < -0.39 is 0 Å². The second kappa shape index (κ2) is 3.29. The van der Waals surface area contributed by atoms with Gasteiger partial charge in [-0.15, -0.1) is 0 Å². The number of hydrogen-bond acceptors (Lipinski definition) is 2. The van der Waals surface area contributed by atoms with Gasteiger partial charge in [-0.1, -0.05) is 18.7 Å². The minimum Gasteiger partial charge on any atom is -0.362 e. The lowest BCUT2D eigenvalue weighted by Crippen LogP contribution is -2.31. The molecule has 0 amide bonds. The monoisotopic (exact) mass is 184 g/mol. The molecule has 0 spiro atoms. The average Bonchev–Trinajstić information content (AvgIpc) is 2.44. The highest BCUT2D eigenvalue weighted by Gasteiger charge is 2.27. The number of nitrogens with one attached hydrogen (secondary N) is 1. The molecule has 1 aliphatic heterocycles. The zero-order valence-corrected chi connectivity index (χ0v) is 8.53. The Bertz CT molecular complexity index is 203. The molecule has 0 bridgehead atoms. The summed E-state index contributed by atoms with van der Waals surface area (Å²) < 4.78 is 0. The van der Waals surface area contributed by atoms with Crippen LogP contribution < -0.4 is 5.32 Å². The molecular weight excluding hydrogens is 168 g/mol. The second-order valence-corrected chi connectivity index (χ2v) is 4.92. The first-order valence-corrected chi connectivity index (χ1v) is 5.71. The summed E-state index contributed by atoms with van der Waals surface area (Å²) in [5.41, 5.74) is 0. The van der Waals surface area contributed by atoms with Gasteiger partial charge in [-0.3, -0.25) is 4.99 Å². The summed E-state index contributed by atoms with van der Waals surface area (Å²) in [5.74, 6) is 2.00. The zero-order chi connectivity index (χ0) is 8.55. The van der Waals surface area contributed by atoms with Gasteiger partial charge in [-0.2, -0.15) is 0 Å². The Labute approximate surface area is 78.2 Å². The molecule has 0 aromatic heterocycles. The van der Waals surface area contributed by atoms with Crippen molar-refractivity contribution >= 4 is 16.9 Å². The lowest BCUT2D eigenvalue weighted by molar-refractivity contribution is 0.284. The van der Waals surface area contributed by atoms with Crippen LogP contribution in [-0.4, -0.2) is 23.0 Å². The molecule has 2 nitrogen and oxygen atoms in total. The van der Waals surface area contributed by atoms with E-state index >= 15 is 0 Å². The largest absolute Gasteiger partial charge is 0.362 e. The SMILES string of the molecule is CC1CSC(=NC2CCC2C)N1. The maximum atomic E-state index is 4.68. The smallest absolute Gasteiger partial charge is 0.157 e. The van der Waals surface area contributed by atoms with E-state index in [9.17, 15) is 0 Å². The molecule has 12 heavy (non-hydrogen) atoms. The summed E-state index contributed by atoms with van der Waals surface area (Å²) >= 11 is 1.87. The van der Waals surface area contributed by atoms with Crippen LogP contribution in [0.3, 0.4) is 0 Å². The van der Waals surface area contributed by atoms with Crippen molar-refractivity contribution in [2.24, 2.45) is 10.9 Å². The van der Waals surface area contributed by atoms with Gasteiger partial charge >= 0.3 is 0 Å². The molecule has 3 atom stereocenters. The Morgan fingerprint density at radius 3 is 2.67 bits per heavy atom. The molecule has 0 radical (unpaired) electrons. The van der Waals surface area contributed by atoms with Gasteiger partial charge in [0, 0.05) is 11.8 Å². The summed E-state index contributed by atoms with van der Waals surface area (Å²) in [6.45, 7) is 4.50. The summed E-state index contributed by atoms with van der Waals surface area (Å²) in [7, 11) is 0. The van der Waals surface area contributed by atoms with Gasteiger partial charge < -0.3 is 5.32 Å². The van der Waals surface area contributed by atoms with Gasteiger partial charge in [0.1, 0.15) is 0 Å². The molecule has 1 N–H and O–H groups in total. The van der Waals surface area contributed by atoms with Crippen LogP contribution in [0.2, 0.25) is 0 Å². The van der Waals surface area contributed by atoms with Crippen molar-refractivity contribution < 1.29 is 0 Å². The van der Waals surface area contributed by atoms with E-state index in [1.54, 1.807) is 0 Å². The molecule has 1 saturated heterocycles. The molecule has 1 heterocycles. The molecule has 2 aliphatic rings. The lowest BCUT2D eigenvalue weighted by Gasteiger charge is -2.30. The van der Waals surface area contributed by atoms with Crippen molar-refractivity contribution in [2.75, 3.05) is 5.75 Å². The molecule has 0 aromatic rings. The minimum absolute atomic E-state index is 0.615. The molecule has 3 heteroatoms. The maximum Gasteiger partial charge on any atom is 0.157 e. The summed E-state index contributed by atoms with van der Waals surface area (Å²) in [6.07, 6.45) is 2.66. The van der Waals surface area contributed by atoms with Crippen LogP contribution in [0.25, 0.3) is 0 Å². The summed E-state index contributed by atoms with van der Waals surface area (Å²) in [6, 6.07) is 1.23. The first-order chi connectivity index (χ1) is 5.75. The normalized spacial score (nSPS) is 44.2. The third-order valence-corrected chi connectivity index (χ3v) is 3.86. The van der Waals surface area contributed by atoms with Crippen molar-refractivity contribution in [1.29, 1.82) is 0 Å². The first kappa shape index (κ1) is 8.42. The van der Waals surface area contributed by atoms with Crippen molar-refractivity contribution in [3.05, 3.63) is 0 Å². The van der Waals surface area contributed by atoms with Crippen LogP contribution in [0.5, 0.6) is 0 Å². The molecule has 2 rings (SSSR count). The van der Waals surface area contributed by atoms with Gasteiger partial charge in [0.25, 0.3) is 0 Å².